The molecule has 1 atom stereocenters. The van der Waals surface area contributed by atoms with E-state index >= 15 is 0 Å². The molecular formula is C18H20N4O3. The molecule has 130 valence electrons. The molecular weight excluding hydrogens is 320 g/mol. The predicted molar refractivity (Wildman–Crippen MR) is 92.1 cm³/mol. The minimum atomic E-state index is -0.400. The quantitative estimate of drug-likeness (QED) is 0.924. The number of furan rings is 1. The molecule has 0 bridgehead atoms. The molecule has 0 radical (unpaired) electrons. The van der Waals surface area contributed by atoms with Crippen molar-refractivity contribution >= 4 is 17.3 Å². The van der Waals surface area contributed by atoms with Gasteiger partial charge < -0.3 is 14.6 Å². The number of nitrogens with one attached hydrogen (secondary N) is 1. The summed E-state index contributed by atoms with van der Waals surface area (Å²) in [5.41, 5.74) is 0.681. The van der Waals surface area contributed by atoms with Gasteiger partial charge in [-0.05, 0) is 31.2 Å². The number of aromatic nitrogens is 1. The van der Waals surface area contributed by atoms with Gasteiger partial charge >= 0.3 is 0 Å². The van der Waals surface area contributed by atoms with Crippen LogP contribution in [-0.4, -0.2) is 40.2 Å². The van der Waals surface area contributed by atoms with Crippen LogP contribution in [0.25, 0.3) is 0 Å². The highest BCUT2D eigenvalue weighted by atomic mass is 16.7. The SMILES string of the molecule is Cc1ccc(CN2CCC3(CC(C(=O)Nc4cccnc4)=NO3)C2)o1. The van der Waals surface area contributed by atoms with Crippen LogP contribution in [0.3, 0.4) is 0 Å². The Kier molecular flexibility index (Phi) is 4.01. The average molecular weight is 340 g/mol. The molecule has 0 saturated carbocycles. The molecule has 1 N–H and O–H groups in total. The zero-order chi connectivity index (χ0) is 17.3. The van der Waals surface area contributed by atoms with Crippen molar-refractivity contribution in [3.05, 3.63) is 48.2 Å². The van der Waals surface area contributed by atoms with Gasteiger partial charge in [0.05, 0.1) is 18.4 Å². The van der Waals surface area contributed by atoms with Crippen LogP contribution in [0.1, 0.15) is 24.4 Å². The van der Waals surface area contributed by atoms with Crippen LogP contribution in [0, 0.1) is 6.92 Å². The first-order chi connectivity index (χ1) is 12.1. The summed E-state index contributed by atoms with van der Waals surface area (Å²) in [6.07, 6.45) is 4.63. The van der Waals surface area contributed by atoms with Gasteiger partial charge in [0.1, 0.15) is 17.2 Å². The number of hydrogen-bond acceptors (Lipinski definition) is 6. The molecule has 25 heavy (non-hydrogen) atoms. The molecule has 0 aliphatic carbocycles. The van der Waals surface area contributed by atoms with E-state index in [-0.39, 0.29) is 5.91 Å². The van der Waals surface area contributed by atoms with Crippen LogP contribution in [0.5, 0.6) is 0 Å². The first-order valence-electron chi connectivity index (χ1n) is 8.36. The number of aryl methyl sites for hydroxylation is 1. The van der Waals surface area contributed by atoms with Crippen molar-refractivity contribution in [2.45, 2.75) is 31.9 Å². The van der Waals surface area contributed by atoms with Crippen LogP contribution < -0.4 is 5.32 Å². The molecule has 7 heteroatoms. The Bertz CT molecular complexity index is 802. The van der Waals surface area contributed by atoms with Gasteiger partial charge in [0, 0.05) is 32.1 Å². The molecule has 2 aromatic rings. The molecule has 4 rings (SSSR count). The molecule has 2 aliphatic rings. The highest BCUT2D eigenvalue weighted by Gasteiger charge is 2.46. The van der Waals surface area contributed by atoms with Crippen molar-refractivity contribution in [2.24, 2.45) is 5.16 Å². The van der Waals surface area contributed by atoms with Crippen LogP contribution in [0.4, 0.5) is 5.69 Å². The molecule has 1 unspecified atom stereocenters. The van der Waals surface area contributed by atoms with Gasteiger partial charge in [-0.3, -0.25) is 14.7 Å². The van der Waals surface area contributed by atoms with Crippen LogP contribution in [0.2, 0.25) is 0 Å². The van der Waals surface area contributed by atoms with E-state index in [1.165, 1.54) is 0 Å². The topological polar surface area (TPSA) is 80.0 Å². The van der Waals surface area contributed by atoms with Gasteiger partial charge in [-0.1, -0.05) is 5.16 Å². The van der Waals surface area contributed by atoms with Gasteiger partial charge in [0.2, 0.25) is 0 Å². The lowest BCUT2D eigenvalue weighted by molar-refractivity contribution is -0.110. The summed E-state index contributed by atoms with van der Waals surface area (Å²) >= 11 is 0. The van der Waals surface area contributed by atoms with E-state index in [0.717, 1.165) is 37.6 Å². The number of nitrogens with zero attached hydrogens (tertiary/aromatic N) is 3. The number of hydrogen-bond donors (Lipinski definition) is 1. The lowest BCUT2D eigenvalue weighted by Crippen LogP contribution is -2.35. The van der Waals surface area contributed by atoms with Crippen molar-refractivity contribution in [3.63, 3.8) is 0 Å². The molecule has 1 spiro atoms. The van der Waals surface area contributed by atoms with E-state index in [2.05, 4.69) is 20.4 Å². The Hall–Kier alpha value is -2.67. The number of carbonyl (C=O) groups excluding carboxylic acids is 1. The third-order valence-electron chi connectivity index (χ3n) is 4.59. The standard InChI is InChI=1S/C18H20N4O3/c1-13-4-5-15(24-13)11-22-8-6-18(12-22)9-16(21-25-18)17(23)20-14-3-2-7-19-10-14/h2-5,7,10H,6,8-9,11-12H2,1H3,(H,20,23). The number of oxime groups is 1. The second-order valence-electron chi connectivity index (χ2n) is 6.66. The van der Waals surface area contributed by atoms with Crippen LogP contribution in [0.15, 0.2) is 46.2 Å². The van der Waals surface area contributed by atoms with Crippen LogP contribution >= 0.6 is 0 Å². The second kappa shape index (κ2) is 6.33. The van der Waals surface area contributed by atoms with Crippen LogP contribution in [-0.2, 0) is 16.2 Å². The Labute approximate surface area is 145 Å². The number of anilines is 1. The molecule has 1 fully saturated rings. The van der Waals surface area contributed by atoms with E-state index in [0.29, 0.717) is 17.8 Å². The fourth-order valence-corrected chi connectivity index (χ4v) is 3.36. The number of carbonyl (C=O) groups is 1. The minimum absolute atomic E-state index is 0.231. The molecule has 1 amide bonds. The Morgan fingerprint density at radius 2 is 2.32 bits per heavy atom. The lowest BCUT2D eigenvalue weighted by Gasteiger charge is -2.21. The number of rotatable bonds is 4. The summed E-state index contributed by atoms with van der Waals surface area (Å²) in [7, 11) is 0. The lowest BCUT2D eigenvalue weighted by atomic mass is 9.96. The highest BCUT2D eigenvalue weighted by molar-refractivity contribution is 6.43. The normalized spacial score (nSPS) is 22.8. The summed E-state index contributed by atoms with van der Waals surface area (Å²) in [6.45, 7) is 4.32. The Morgan fingerprint density at radius 1 is 1.40 bits per heavy atom. The van der Waals surface area contributed by atoms with Gasteiger partial charge in [-0.25, -0.2) is 0 Å². The molecule has 2 aromatic heterocycles. The van der Waals surface area contributed by atoms with E-state index in [4.69, 9.17) is 9.25 Å². The van der Waals surface area contributed by atoms with E-state index in [1.54, 1.807) is 24.5 Å². The smallest absolute Gasteiger partial charge is 0.273 e. The Balaban J connectivity index is 1.34. The van der Waals surface area contributed by atoms with E-state index < -0.39 is 5.60 Å². The third-order valence-corrected chi connectivity index (χ3v) is 4.59. The maximum absolute atomic E-state index is 12.4. The molecule has 1 saturated heterocycles. The summed E-state index contributed by atoms with van der Waals surface area (Å²) in [5, 5.41) is 6.85. The second-order valence-corrected chi connectivity index (χ2v) is 6.66. The third kappa shape index (κ3) is 3.41. The zero-order valence-corrected chi connectivity index (χ0v) is 14.1. The maximum atomic E-state index is 12.4. The van der Waals surface area contributed by atoms with Gasteiger partial charge in [-0.15, -0.1) is 0 Å². The fourth-order valence-electron chi connectivity index (χ4n) is 3.36. The highest BCUT2D eigenvalue weighted by Crippen LogP contribution is 2.34. The molecule has 4 heterocycles. The predicted octanol–water partition coefficient (Wildman–Crippen LogP) is 2.34. The van der Waals surface area contributed by atoms with Gasteiger partial charge in [0.25, 0.3) is 5.91 Å². The largest absolute Gasteiger partial charge is 0.465 e. The first kappa shape index (κ1) is 15.8. The molecule has 0 aromatic carbocycles. The molecule has 7 nitrogen and oxygen atoms in total. The number of likely N-dealkylation sites (tertiary alicyclic amines) is 1. The average Bonchev–Trinajstić information content (AvgIpc) is 3.31. The monoisotopic (exact) mass is 340 g/mol. The van der Waals surface area contributed by atoms with Gasteiger partial charge in [-0.2, -0.15) is 0 Å². The summed E-state index contributed by atoms with van der Waals surface area (Å²) in [5.74, 6) is 1.63. The fraction of sp³-hybridized carbons (Fsp3) is 0.389. The summed E-state index contributed by atoms with van der Waals surface area (Å²) in [6, 6.07) is 7.53. The van der Waals surface area contributed by atoms with E-state index in [9.17, 15) is 4.79 Å². The van der Waals surface area contributed by atoms with Crippen molar-refractivity contribution in [3.8, 4) is 0 Å². The van der Waals surface area contributed by atoms with Crippen molar-refractivity contribution in [2.75, 3.05) is 18.4 Å². The van der Waals surface area contributed by atoms with Gasteiger partial charge in [0.15, 0.2) is 5.60 Å². The van der Waals surface area contributed by atoms with Crippen molar-refractivity contribution < 1.29 is 14.0 Å². The number of amides is 1. The van der Waals surface area contributed by atoms with Crippen molar-refractivity contribution in [1.82, 2.24) is 9.88 Å². The zero-order valence-electron chi connectivity index (χ0n) is 14.1. The summed E-state index contributed by atoms with van der Waals surface area (Å²) < 4.78 is 5.64. The van der Waals surface area contributed by atoms with Crippen molar-refractivity contribution in [1.29, 1.82) is 0 Å². The number of pyridine rings is 1. The summed E-state index contributed by atoms with van der Waals surface area (Å²) in [4.78, 5) is 24.3. The minimum Gasteiger partial charge on any atom is -0.465 e. The first-order valence-corrected chi connectivity index (χ1v) is 8.36. The Morgan fingerprint density at radius 3 is 3.08 bits per heavy atom. The molecule has 2 aliphatic heterocycles. The van der Waals surface area contributed by atoms with E-state index in [1.807, 2.05) is 19.1 Å². The maximum Gasteiger partial charge on any atom is 0.273 e.